The monoisotopic (exact) mass is 369 g/mol. The Labute approximate surface area is 155 Å². The van der Waals surface area contributed by atoms with Crippen LogP contribution in [0, 0.1) is 25.5 Å². The number of halogens is 3. The van der Waals surface area contributed by atoms with Crippen LogP contribution in [0.25, 0.3) is 0 Å². The van der Waals surface area contributed by atoms with E-state index >= 15 is 0 Å². The second-order valence-electron chi connectivity index (χ2n) is 6.07. The summed E-state index contributed by atoms with van der Waals surface area (Å²) < 4.78 is 28.3. The molecule has 0 spiro atoms. The van der Waals surface area contributed by atoms with E-state index in [1.54, 1.807) is 7.11 Å². The molecule has 5 heteroatoms. The zero-order valence-corrected chi connectivity index (χ0v) is 16.0. The van der Waals surface area contributed by atoms with Gasteiger partial charge in [-0.1, -0.05) is 31.2 Å². The molecule has 0 bridgehead atoms. The smallest absolute Gasteiger partial charge is 0.129 e. The minimum Gasteiger partial charge on any atom is -0.302 e. The Hall–Kier alpha value is -1.49. The van der Waals surface area contributed by atoms with Gasteiger partial charge in [0.05, 0.1) is 7.11 Å². The van der Waals surface area contributed by atoms with Gasteiger partial charge >= 0.3 is 0 Å². The summed E-state index contributed by atoms with van der Waals surface area (Å²) in [4.78, 5) is 5.38. The Morgan fingerprint density at radius 2 is 1.52 bits per heavy atom. The normalized spacial score (nSPS) is 12.1. The topological polar surface area (TPSA) is 12.5 Å². The van der Waals surface area contributed by atoms with Crippen LogP contribution in [0.15, 0.2) is 36.4 Å². The summed E-state index contributed by atoms with van der Waals surface area (Å²) in [5, 5.41) is 1.81. The van der Waals surface area contributed by atoms with Gasteiger partial charge < -0.3 is 4.84 Å². The van der Waals surface area contributed by atoms with Crippen molar-refractivity contribution in [3.63, 3.8) is 0 Å². The molecule has 0 aliphatic carbocycles. The SMILES string of the molecule is CCN(CC(Cc1c(F)cccc1F)c1c(C)cccc1C)OC.Cl. The average Bonchev–Trinajstić information content (AvgIpc) is 2.55. The molecule has 25 heavy (non-hydrogen) atoms. The van der Waals surface area contributed by atoms with E-state index in [-0.39, 0.29) is 23.9 Å². The zero-order chi connectivity index (χ0) is 17.7. The van der Waals surface area contributed by atoms with Crippen molar-refractivity contribution in [1.29, 1.82) is 0 Å². The van der Waals surface area contributed by atoms with Crippen molar-refractivity contribution in [2.45, 2.75) is 33.1 Å². The van der Waals surface area contributed by atoms with Crippen LogP contribution in [-0.4, -0.2) is 25.3 Å². The first-order chi connectivity index (χ1) is 11.5. The van der Waals surface area contributed by atoms with Crippen molar-refractivity contribution in [3.8, 4) is 0 Å². The molecule has 0 aliphatic rings. The number of benzene rings is 2. The third kappa shape index (κ3) is 5.24. The van der Waals surface area contributed by atoms with Crippen LogP contribution in [0.4, 0.5) is 8.78 Å². The van der Waals surface area contributed by atoms with Gasteiger partial charge in [0.15, 0.2) is 0 Å². The molecule has 2 aromatic rings. The predicted molar refractivity (Wildman–Crippen MR) is 100 cm³/mol. The minimum absolute atomic E-state index is 0. The van der Waals surface area contributed by atoms with E-state index in [1.807, 2.05) is 44.0 Å². The first kappa shape index (κ1) is 21.6. The highest BCUT2D eigenvalue weighted by atomic mass is 35.5. The maximum Gasteiger partial charge on any atom is 0.129 e. The number of hydroxylamine groups is 2. The van der Waals surface area contributed by atoms with E-state index < -0.39 is 11.6 Å². The maximum absolute atomic E-state index is 14.1. The molecule has 0 aliphatic heterocycles. The van der Waals surface area contributed by atoms with Gasteiger partial charge in [0, 0.05) is 24.6 Å². The molecule has 2 rings (SSSR count). The Balaban J connectivity index is 0.00000312. The molecule has 0 N–H and O–H groups in total. The van der Waals surface area contributed by atoms with Gasteiger partial charge in [-0.2, -0.15) is 5.06 Å². The van der Waals surface area contributed by atoms with Gasteiger partial charge in [0.25, 0.3) is 0 Å². The molecular weight excluding hydrogens is 344 g/mol. The van der Waals surface area contributed by atoms with Crippen LogP contribution in [0.2, 0.25) is 0 Å². The maximum atomic E-state index is 14.1. The molecule has 0 heterocycles. The lowest BCUT2D eigenvalue weighted by molar-refractivity contribution is -0.130. The Morgan fingerprint density at radius 1 is 1.00 bits per heavy atom. The highest BCUT2D eigenvalue weighted by molar-refractivity contribution is 5.85. The van der Waals surface area contributed by atoms with Crippen LogP contribution in [-0.2, 0) is 11.3 Å². The third-order valence-electron chi connectivity index (χ3n) is 4.50. The van der Waals surface area contributed by atoms with Crippen molar-refractivity contribution < 1.29 is 13.6 Å². The lowest BCUT2D eigenvalue weighted by Gasteiger charge is -2.27. The molecule has 1 unspecified atom stereocenters. The summed E-state index contributed by atoms with van der Waals surface area (Å²) in [5.74, 6) is -1.05. The van der Waals surface area contributed by atoms with Crippen LogP contribution in [0.3, 0.4) is 0 Å². The van der Waals surface area contributed by atoms with Crippen molar-refractivity contribution in [3.05, 3.63) is 70.3 Å². The van der Waals surface area contributed by atoms with Gasteiger partial charge in [-0.05, 0) is 49.1 Å². The summed E-state index contributed by atoms with van der Waals surface area (Å²) in [6.45, 7) is 7.35. The molecule has 0 saturated carbocycles. The Morgan fingerprint density at radius 3 is 2.00 bits per heavy atom. The summed E-state index contributed by atoms with van der Waals surface area (Å²) in [7, 11) is 1.62. The van der Waals surface area contributed by atoms with Gasteiger partial charge in [0.2, 0.25) is 0 Å². The number of hydrogen-bond donors (Lipinski definition) is 0. The lowest BCUT2D eigenvalue weighted by atomic mass is 9.86. The van der Waals surface area contributed by atoms with E-state index in [0.29, 0.717) is 19.5 Å². The van der Waals surface area contributed by atoms with Crippen LogP contribution >= 0.6 is 12.4 Å². The van der Waals surface area contributed by atoms with Gasteiger partial charge in [-0.25, -0.2) is 8.78 Å². The van der Waals surface area contributed by atoms with E-state index in [2.05, 4.69) is 0 Å². The van der Waals surface area contributed by atoms with Crippen molar-refractivity contribution >= 4 is 12.4 Å². The molecule has 0 fully saturated rings. The molecule has 0 aromatic heterocycles. The zero-order valence-electron chi connectivity index (χ0n) is 15.2. The minimum atomic E-state index is -0.494. The van der Waals surface area contributed by atoms with E-state index in [9.17, 15) is 8.78 Å². The average molecular weight is 370 g/mol. The number of nitrogens with zero attached hydrogens (tertiary/aromatic N) is 1. The molecule has 138 valence electrons. The van der Waals surface area contributed by atoms with Gasteiger partial charge in [-0.3, -0.25) is 0 Å². The summed E-state index contributed by atoms with van der Waals surface area (Å²) in [6, 6.07) is 10.1. The first-order valence-corrected chi connectivity index (χ1v) is 8.26. The Kier molecular flexibility index (Phi) is 8.50. The standard InChI is InChI=1S/C20H25F2NO.ClH/c1-5-23(24-4)13-16(20-14(2)8-6-9-15(20)3)12-17-18(21)10-7-11-19(17)22;/h6-11,16H,5,12-13H2,1-4H3;1H. The summed E-state index contributed by atoms with van der Waals surface area (Å²) >= 11 is 0. The molecule has 0 amide bonds. The molecule has 0 saturated heterocycles. The first-order valence-electron chi connectivity index (χ1n) is 8.26. The highest BCUT2D eigenvalue weighted by Gasteiger charge is 2.22. The largest absolute Gasteiger partial charge is 0.302 e. The fourth-order valence-corrected chi connectivity index (χ4v) is 3.28. The van der Waals surface area contributed by atoms with Crippen molar-refractivity contribution in [2.24, 2.45) is 0 Å². The van der Waals surface area contributed by atoms with Crippen molar-refractivity contribution in [2.75, 3.05) is 20.2 Å². The number of aryl methyl sites for hydroxylation is 2. The second kappa shape index (κ2) is 9.85. The van der Waals surface area contributed by atoms with E-state index in [1.165, 1.54) is 18.2 Å². The number of hydrogen-bond acceptors (Lipinski definition) is 2. The van der Waals surface area contributed by atoms with Crippen molar-refractivity contribution in [1.82, 2.24) is 5.06 Å². The second-order valence-corrected chi connectivity index (χ2v) is 6.07. The van der Waals surface area contributed by atoms with Gasteiger partial charge in [0.1, 0.15) is 11.6 Å². The molecular formula is C20H26ClF2NO. The molecule has 0 radical (unpaired) electrons. The number of rotatable bonds is 7. The molecule has 1 atom stereocenters. The molecule has 2 nitrogen and oxygen atoms in total. The van der Waals surface area contributed by atoms with Crippen LogP contribution < -0.4 is 0 Å². The van der Waals surface area contributed by atoms with Crippen LogP contribution in [0.1, 0.15) is 35.1 Å². The Bertz CT molecular complexity index is 649. The fourth-order valence-electron chi connectivity index (χ4n) is 3.28. The third-order valence-corrected chi connectivity index (χ3v) is 4.50. The van der Waals surface area contributed by atoms with E-state index in [4.69, 9.17) is 4.84 Å². The predicted octanol–water partition coefficient (Wildman–Crippen LogP) is 5.21. The summed E-state index contributed by atoms with van der Waals surface area (Å²) in [6.07, 6.45) is 0.296. The fraction of sp³-hybridized carbons (Fsp3) is 0.400. The quantitative estimate of drug-likeness (QED) is 0.621. The van der Waals surface area contributed by atoms with E-state index in [0.717, 1.165) is 16.7 Å². The lowest BCUT2D eigenvalue weighted by Crippen LogP contribution is -2.29. The highest BCUT2D eigenvalue weighted by Crippen LogP contribution is 2.30. The summed E-state index contributed by atoms with van der Waals surface area (Å²) in [5.41, 5.74) is 3.53. The van der Waals surface area contributed by atoms with Gasteiger partial charge in [-0.15, -0.1) is 12.4 Å². The van der Waals surface area contributed by atoms with Crippen LogP contribution in [0.5, 0.6) is 0 Å². The molecule has 2 aromatic carbocycles. The number of likely N-dealkylation sites (N-methyl/N-ethyl adjacent to an activating group) is 1.